The van der Waals surface area contributed by atoms with E-state index in [1.165, 1.54) is 13.2 Å². The van der Waals surface area contributed by atoms with Crippen molar-refractivity contribution < 1.29 is 18.6 Å². The predicted molar refractivity (Wildman–Crippen MR) is 86.5 cm³/mol. The summed E-state index contributed by atoms with van der Waals surface area (Å²) in [5.41, 5.74) is 1.58. The number of rotatable bonds is 3. The molecule has 122 valence electrons. The summed E-state index contributed by atoms with van der Waals surface area (Å²) in [5, 5.41) is 0. The second kappa shape index (κ2) is 6.64. The average molecular weight is 316 g/mol. The smallest absolute Gasteiger partial charge is 0.135 e. The molecule has 2 atom stereocenters. The molecule has 1 aromatic carbocycles. The van der Waals surface area contributed by atoms with E-state index in [0.717, 1.165) is 30.6 Å². The van der Waals surface area contributed by atoms with Crippen molar-refractivity contribution in [2.75, 3.05) is 27.4 Å². The molecule has 1 aliphatic carbocycles. The number of methoxy groups -OCH3 is 2. The maximum Gasteiger partial charge on any atom is 0.135 e. The van der Waals surface area contributed by atoms with Crippen LogP contribution in [0.4, 0.5) is 4.39 Å². The lowest BCUT2D eigenvalue weighted by Crippen LogP contribution is -2.17. The van der Waals surface area contributed by atoms with Gasteiger partial charge in [0.1, 0.15) is 17.3 Å². The maximum absolute atomic E-state index is 14.7. The Morgan fingerprint density at radius 1 is 1.26 bits per heavy atom. The van der Waals surface area contributed by atoms with Gasteiger partial charge in [0.05, 0.1) is 26.4 Å². The zero-order chi connectivity index (χ0) is 16.4. The molecule has 1 fully saturated rings. The highest BCUT2D eigenvalue weighted by Crippen LogP contribution is 2.43. The van der Waals surface area contributed by atoms with Crippen LogP contribution in [0.5, 0.6) is 5.75 Å². The number of terminal acetylenes is 1. The molecule has 1 heterocycles. The fourth-order valence-electron chi connectivity index (χ4n) is 3.71. The van der Waals surface area contributed by atoms with Crippen molar-refractivity contribution in [2.45, 2.75) is 19.3 Å². The summed E-state index contributed by atoms with van der Waals surface area (Å²) in [6.07, 6.45) is 8.59. The third kappa shape index (κ3) is 2.94. The van der Waals surface area contributed by atoms with Gasteiger partial charge in [-0.1, -0.05) is 5.92 Å². The molecular weight excluding hydrogens is 295 g/mol. The van der Waals surface area contributed by atoms with Crippen LogP contribution in [0.3, 0.4) is 0 Å². The van der Waals surface area contributed by atoms with Gasteiger partial charge in [0.2, 0.25) is 0 Å². The topological polar surface area (TPSA) is 27.7 Å². The second-order valence-electron chi connectivity index (χ2n) is 6.12. The van der Waals surface area contributed by atoms with Crippen LogP contribution in [0.1, 0.15) is 30.4 Å². The summed E-state index contributed by atoms with van der Waals surface area (Å²) >= 11 is 0. The quantitative estimate of drug-likeness (QED) is 0.797. The predicted octanol–water partition coefficient (Wildman–Crippen LogP) is 3.62. The standard InChI is InChI=1S/C19H21FO3/c1-4-12-8-16(20)18(17(9-12)21-2)15-11-23-10-13-5-6-14(7-13)19(15)22-3/h1,8-9,13-14H,5-7,10-11H2,2-3H3/b19-15-. The first-order valence-electron chi connectivity index (χ1n) is 7.87. The number of halogens is 1. The van der Waals surface area contributed by atoms with Crippen LogP contribution >= 0.6 is 0 Å². The van der Waals surface area contributed by atoms with Gasteiger partial charge in [-0.2, -0.15) is 0 Å². The minimum absolute atomic E-state index is 0.318. The Balaban J connectivity index is 2.16. The monoisotopic (exact) mass is 316 g/mol. The Labute approximate surface area is 136 Å². The first-order chi connectivity index (χ1) is 11.2. The van der Waals surface area contributed by atoms with Crippen LogP contribution in [-0.2, 0) is 9.47 Å². The third-order valence-corrected chi connectivity index (χ3v) is 4.77. The first-order valence-corrected chi connectivity index (χ1v) is 7.87. The molecule has 0 aromatic heterocycles. The summed E-state index contributed by atoms with van der Waals surface area (Å²) in [6.45, 7) is 1.03. The molecule has 2 unspecified atom stereocenters. The van der Waals surface area contributed by atoms with Crippen molar-refractivity contribution in [3.05, 3.63) is 34.8 Å². The van der Waals surface area contributed by atoms with E-state index >= 15 is 0 Å². The number of allylic oxidation sites excluding steroid dienone is 1. The second-order valence-corrected chi connectivity index (χ2v) is 6.12. The van der Waals surface area contributed by atoms with E-state index in [-0.39, 0.29) is 0 Å². The largest absolute Gasteiger partial charge is 0.500 e. The molecular formula is C19H21FO3. The van der Waals surface area contributed by atoms with Crippen LogP contribution < -0.4 is 4.74 Å². The molecule has 0 spiro atoms. The summed E-state index contributed by atoms with van der Waals surface area (Å²) in [6, 6.07) is 3.03. The average Bonchev–Trinajstić information content (AvgIpc) is 3.02. The third-order valence-electron chi connectivity index (χ3n) is 4.77. The summed E-state index contributed by atoms with van der Waals surface area (Å²) < 4.78 is 31.6. The zero-order valence-corrected chi connectivity index (χ0v) is 13.5. The Morgan fingerprint density at radius 3 is 2.78 bits per heavy atom. The molecule has 1 aliphatic heterocycles. The lowest BCUT2D eigenvalue weighted by Gasteiger charge is -2.24. The van der Waals surface area contributed by atoms with E-state index in [4.69, 9.17) is 20.6 Å². The zero-order valence-electron chi connectivity index (χ0n) is 13.5. The van der Waals surface area contributed by atoms with E-state index in [1.807, 2.05) is 0 Å². The molecule has 3 rings (SSSR count). The SMILES string of the molecule is C#Cc1cc(F)c(/C2=C(\OC)C3CCC(COC2)C3)c(OC)c1. The van der Waals surface area contributed by atoms with Gasteiger partial charge in [0.25, 0.3) is 0 Å². The molecule has 2 bridgehead atoms. The van der Waals surface area contributed by atoms with Gasteiger partial charge in [0, 0.05) is 23.7 Å². The fourth-order valence-corrected chi connectivity index (χ4v) is 3.71. The Kier molecular flexibility index (Phi) is 4.58. The van der Waals surface area contributed by atoms with Crippen molar-refractivity contribution in [2.24, 2.45) is 11.8 Å². The summed E-state index contributed by atoms with van der Waals surface area (Å²) in [7, 11) is 3.16. The Morgan fingerprint density at radius 2 is 2.09 bits per heavy atom. The van der Waals surface area contributed by atoms with Crippen molar-refractivity contribution in [1.29, 1.82) is 0 Å². The van der Waals surface area contributed by atoms with E-state index in [1.54, 1.807) is 13.2 Å². The van der Waals surface area contributed by atoms with E-state index in [9.17, 15) is 4.39 Å². The van der Waals surface area contributed by atoms with E-state index < -0.39 is 5.82 Å². The van der Waals surface area contributed by atoms with Gasteiger partial charge >= 0.3 is 0 Å². The van der Waals surface area contributed by atoms with Crippen LogP contribution in [-0.4, -0.2) is 27.4 Å². The molecule has 0 amide bonds. The van der Waals surface area contributed by atoms with E-state index in [0.29, 0.717) is 41.9 Å². The molecule has 1 aromatic rings. The maximum atomic E-state index is 14.7. The van der Waals surface area contributed by atoms with Gasteiger partial charge in [-0.25, -0.2) is 4.39 Å². The Hall–Kier alpha value is -1.99. The van der Waals surface area contributed by atoms with Crippen LogP contribution in [0.15, 0.2) is 17.9 Å². The van der Waals surface area contributed by atoms with Gasteiger partial charge in [-0.15, -0.1) is 6.42 Å². The molecule has 3 nitrogen and oxygen atoms in total. The highest BCUT2D eigenvalue weighted by molar-refractivity contribution is 5.74. The molecule has 4 heteroatoms. The van der Waals surface area contributed by atoms with Gasteiger partial charge in [-0.05, 0) is 37.3 Å². The van der Waals surface area contributed by atoms with Gasteiger partial charge < -0.3 is 14.2 Å². The minimum atomic E-state index is -0.402. The number of benzene rings is 1. The van der Waals surface area contributed by atoms with Crippen molar-refractivity contribution in [3.63, 3.8) is 0 Å². The normalized spacial score (nSPS) is 27.0. The van der Waals surface area contributed by atoms with Gasteiger partial charge in [0.15, 0.2) is 0 Å². The molecule has 0 N–H and O–H groups in total. The first kappa shape index (κ1) is 15.9. The fraction of sp³-hybridized carbons (Fsp3) is 0.474. The van der Waals surface area contributed by atoms with Crippen LogP contribution in [0, 0.1) is 30.0 Å². The van der Waals surface area contributed by atoms with Crippen molar-refractivity contribution in [3.8, 4) is 18.1 Å². The molecule has 2 aliphatic rings. The molecule has 23 heavy (non-hydrogen) atoms. The van der Waals surface area contributed by atoms with Crippen LogP contribution in [0.25, 0.3) is 5.57 Å². The Bertz CT molecular complexity index is 672. The highest BCUT2D eigenvalue weighted by Gasteiger charge is 2.34. The molecule has 0 saturated heterocycles. The van der Waals surface area contributed by atoms with Crippen molar-refractivity contribution in [1.82, 2.24) is 0 Å². The number of hydrogen-bond acceptors (Lipinski definition) is 3. The summed E-state index contributed by atoms with van der Waals surface area (Å²) in [4.78, 5) is 0. The number of fused-ring (bicyclic) bond motifs is 2. The number of ether oxygens (including phenoxy) is 3. The van der Waals surface area contributed by atoms with E-state index in [2.05, 4.69) is 5.92 Å². The highest BCUT2D eigenvalue weighted by atomic mass is 19.1. The minimum Gasteiger partial charge on any atom is -0.500 e. The molecule has 1 saturated carbocycles. The van der Waals surface area contributed by atoms with Gasteiger partial charge in [-0.3, -0.25) is 0 Å². The number of hydrogen-bond donors (Lipinski definition) is 0. The summed E-state index contributed by atoms with van der Waals surface area (Å²) in [5.74, 6) is 4.17. The van der Waals surface area contributed by atoms with Crippen molar-refractivity contribution >= 4 is 5.57 Å². The lowest BCUT2D eigenvalue weighted by atomic mass is 9.93. The molecule has 0 radical (unpaired) electrons. The van der Waals surface area contributed by atoms with Crippen LogP contribution in [0.2, 0.25) is 0 Å². The lowest BCUT2D eigenvalue weighted by molar-refractivity contribution is 0.117.